The number of halogens is 1. The Hall–Kier alpha value is 0.0300. The van der Waals surface area contributed by atoms with E-state index >= 15 is 0 Å². The van der Waals surface area contributed by atoms with Gasteiger partial charge in [-0.2, -0.15) is 0 Å². The normalized spacial score (nSPS) is 35.2. The number of thiazole rings is 1. The molecule has 2 aliphatic heterocycles. The summed E-state index contributed by atoms with van der Waals surface area (Å²) in [7, 11) is 0. The molecule has 0 amide bonds. The van der Waals surface area contributed by atoms with Gasteiger partial charge in [-0.25, -0.2) is 4.98 Å². The van der Waals surface area contributed by atoms with Crippen LogP contribution < -0.4 is 0 Å². The molecule has 2 saturated heterocycles. The number of hydrogen-bond donors (Lipinski definition) is 1. The van der Waals surface area contributed by atoms with E-state index in [9.17, 15) is 5.11 Å². The molecule has 0 spiro atoms. The van der Waals surface area contributed by atoms with Gasteiger partial charge in [0, 0.05) is 12.6 Å². The predicted octanol–water partition coefficient (Wildman–Crippen LogP) is 2.35. The molecule has 0 saturated carbocycles. The molecule has 2 fully saturated rings. The van der Waals surface area contributed by atoms with Crippen molar-refractivity contribution in [1.82, 2.24) is 9.88 Å². The number of aromatic nitrogens is 1. The fourth-order valence-electron chi connectivity index (χ4n) is 3.06. The SMILES string of the molecule is OC1(c2scnc2Br)CCN2CCCCC21. The maximum atomic E-state index is 10.9. The van der Waals surface area contributed by atoms with Gasteiger partial charge in [0.05, 0.1) is 10.4 Å². The average molecular weight is 303 g/mol. The van der Waals surface area contributed by atoms with Crippen molar-refractivity contribution in [3.8, 4) is 0 Å². The van der Waals surface area contributed by atoms with Crippen LogP contribution in [0.25, 0.3) is 0 Å². The number of hydrogen-bond acceptors (Lipinski definition) is 4. The van der Waals surface area contributed by atoms with Gasteiger partial charge in [0.1, 0.15) is 10.2 Å². The fraction of sp³-hybridized carbons (Fsp3) is 0.727. The lowest BCUT2D eigenvalue weighted by molar-refractivity contribution is -0.0115. The number of nitrogens with zero attached hydrogens (tertiary/aromatic N) is 2. The second-order valence-electron chi connectivity index (χ2n) is 4.69. The molecule has 2 aliphatic rings. The first-order valence-corrected chi connectivity index (χ1v) is 7.45. The van der Waals surface area contributed by atoms with Crippen LogP contribution in [0, 0.1) is 0 Å². The first-order chi connectivity index (χ1) is 7.72. The Bertz CT molecular complexity index is 397. The molecule has 2 atom stereocenters. The zero-order valence-electron chi connectivity index (χ0n) is 9.03. The van der Waals surface area contributed by atoms with Crippen molar-refractivity contribution in [1.29, 1.82) is 0 Å². The van der Waals surface area contributed by atoms with E-state index in [2.05, 4.69) is 25.8 Å². The van der Waals surface area contributed by atoms with Crippen molar-refractivity contribution < 1.29 is 5.11 Å². The molecule has 16 heavy (non-hydrogen) atoms. The Morgan fingerprint density at radius 1 is 1.50 bits per heavy atom. The van der Waals surface area contributed by atoms with Gasteiger partial charge in [-0.15, -0.1) is 11.3 Å². The second kappa shape index (κ2) is 4.05. The van der Waals surface area contributed by atoms with Crippen LogP contribution in [0.15, 0.2) is 10.1 Å². The predicted molar refractivity (Wildman–Crippen MR) is 67.5 cm³/mol. The Morgan fingerprint density at radius 2 is 2.38 bits per heavy atom. The minimum Gasteiger partial charge on any atom is -0.383 e. The van der Waals surface area contributed by atoms with Crippen LogP contribution in [0.2, 0.25) is 0 Å². The highest BCUT2D eigenvalue weighted by molar-refractivity contribution is 9.10. The van der Waals surface area contributed by atoms with Crippen LogP contribution in [0.1, 0.15) is 30.6 Å². The minimum absolute atomic E-state index is 0.304. The highest BCUT2D eigenvalue weighted by atomic mass is 79.9. The van der Waals surface area contributed by atoms with Gasteiger partial charge in [-0.3, -0.25) is 4.90 Å². The summed E-state index contributed by atoms with van der Waals surface area (Å²) in [5, 5.41) is 10.9. The Balaban J connectivity index is 1.96. The van der Waals surface area contributed by atoms with Crippen LogP contribution in [-0.2, 0) is 5.60 Å². The third-order valence-corrected chi connectivity index (χ3v) is 5.72. The van der Waals surface area contributed by atoms with Crippen molar-refractivity contribution >= 4 is 27.3 Å². The molecule has 0 aliphatic carbocycles. The van der Waals surface area contributed by atoms with Gasteiger partial charge in [0.25, 0.3) is 0 Å². The lowest BCUT2D eigenvalue weighted by Crippen LogP contribution is -2.44. The molecule has 1 N–H and O–H groups in total. The smallest absolute Gasteiger partial charge is 0.123 e. The van der Waals surface area contributed by atoms with E-state index in [0.29, 0.717) is 6.04 Å². The summed E-state index contributed by atoms with van der Waals surface area (Å²) >= 11 is 5.02. The summed E-state index contributed by atoms with van der Waals surface area (Å²) in [6.45, 7) is 2.16. The van der Waals surface area contributed by atoms with Crippen LogP contribution in [0.5, 0.6) is 0 Å². The molecule has 1 aromatic heterocycles. The van der Waals surface area contributed by atoms with Crippen molar-refractivity contribution in [3.05, 3.63) is 15.0 Å². The molecule has 3 rings (SSSR count). The number of rotatable bonds is 1. The quantitative estimate of drug-likeness (QED) is 0.865. The molecule has 3 nitrogen and oxygen atoms in total. The molecule has 0 radical (unpaired) electrons. The van der Waals surface area contributed by atoms with Crippen molar-refractivity contribution in [2.75, 3.05) is 13.1 Å². The zero-order chi connectivity index (χ0) is 11.2. The van der Waals surface area contributed by atoms with E-state index in [-0.39, 0.29) is 0 Å². The molecule has 88 valence electrons. The van der Waals surface area contributed by atoms with E-state index in [4.69, 9.17) is 0 Å². The summed E-state index contributed by atoms with van der Waals surface area (Å²) in [5.74, 6) is 0. The molecule has 0 bridgehead atoms. The largest absolute Gasteiger partial charge is 0.383 e. The van der Waals surface area contributed by atoms with Crippen LogP contribution >= 0.6 is 27.3 Å². The zero-order valence-corrected chi connectivity index (χ0v) is 11.4. The minimum atomic E-state index is -0.666. The molecule has 1 aromatic rings. The summed E-state index contributed by atoms with van der Waals surface area (Å²) < 4.78 is 0.826. The van der Waals surface area contributed by atoms with Gasteiger partial charge in [0.2, 0.25) is 0 Å². The van der Waals surface area contributed by atoms with Gasteiger partial charge in [-0.1, -0.05) is 6.42 Å². The maximum Gasteiger partial charge on any atom is 0.123 e. The highest BCUT2D eigenvalue weighted by Crippen LogP contribution is 2.45. The summed E-state index contributed by atoms with van der Waals surface area (Å²) in [5.41, 5.74) is 1.14. The molecular weight excluding hydrogens is 288 g/mol. The molecular formula is C11H15BrN2OS. The number of piperidine rings is 1. The van der Waals surface area contributed by atoms with E-state index < -0.39 is 5.60 Å². The molecule has 2 unspecified atom stereocenters. The summed E-state index contributed by atoms with van der Waals surface area (Å²) in [6.07, 6.45) is 4.47. The Morgan fingerprint density at radius 3 is 3.12 bits per heavy atom. The first kappa shape index (κ1) is 11.1. The highest BCUT2D eigenvalue weighted by Gasteiger charge is 2.49. The Labute approximate surface area is 108 Å². The Kier molecular flexibility index (Phi) is 2.82. The summed E-state index contributed by atoms with van der Waals surface area (Å²) in [4.78, 5) is 7.66. The van der Waals surface area contributed by atoms with E-state index in [1.807, 2.05) is 5.51 Å². The lowest BCUT2D eigenvalue weighted by atomic mass is 9.88. The van der Waals surface area contributed by atoms with Crippen molar-refractivity contribution in [3.63, 3.8) is 0 Å². The first-order valence-electron chi connectivity index (χ1n) is 5.78. The van der Waals surface area contributed by atoms with Crippen LogP contribution in [-0.4, -0.2) is 34.1 Å². The van der Waals surface area contributed by atoms with Gasteiger partial charge < -0.3 is 5.11 Å². The van der Waals surface area contributed by atoms with Crippen molar-refractivity contribution in [2.24, 2.45) is 0 Å². The number of fused-ring (bicyclic) bond motifs is 1. The topological polar surface area (TPSA) is 36.4 Å². The van der Waals surface area contributed by atoms with E-state index in [1.54, 1.807) is 11.3 Å². The monoisotopic (exact) mass is 302 g/mol. The molecule has 0 aromatic carbocycles. The van der Waals surface area contributed by atoms with Gasteiger partial charge >= 0.3 is 0 Å². The third-order valence-electron chi connectivity index (χ3n) is 3.86. The molecule has 3 heterocycles. The van der Waals surface area contributed by atoms with Crippen LogP contribution in [0.4, 0.5) is 0 Å². The fourth-order valence-corrected chi connectivity index (χ4v) is 4.78. The average Bonchev–Trinajstić information content (AvgIpc) is 2.86. The summed E-state index contributed by atoms with van der Waals surface area (Å²) in [6, 6.07) is 0.304. The second-order valence-corrected chi connectivity index (χ2v) is 6.30. The standard InChI is InChI=1S/C11H15BrN2OS/c12-10-9(16-7-13-10)11(15)4-6-14-5-2-1-3-8(11)14/h7-8,15H,1-6H2. The van der Waals surface area contributed by atoms with Gasteiger partial charge in [0.15, 0.2) is 0 Å². The molecule has 5 heteroatoms. The maximum absolute atomic E-state index is 10.9. The number of aliphatic hydroxyl groups is 1. The van der Waals surface area contributed by atoms with Gasteiger partial charge in [-0.05, 0) is 41.7 Å². The van der Waals surface area contributed by atoms with E-state index in [0.717, 1.165) is 35.4 Å². The van der Waals surface area contributed by atoms with Crippen LogP contribution in [0.3, 0.4) is 0 Å². The van der Waals surface area contributed by atoms with E-state index in [1.165, 1.54) is 12.8 Å². The van der Waals surface area contributed by atoms with Crippen molar-refractivity contribution in [2.45, 2.75) is 37.3 Å². The lowest BCUT2D eigenvalue weighted by Gasteiger charge is -2.36. The third kappa shape index (κ3) is 1.56.